The molecule has 10 heteroatoms. The summed E-state index contributed by atoms with van der Waals surface area (Å²) in [5, 5.41) is 2.25. The molecule has 0 aliphatic rings. The van der Waals surface area contributed by atoms with E-state index in [1.807, 2.05) is 0 Å². The van der Waals surface area contributed by atoms with Gasteiger partial charge in [0.05, 0.1) is 18.4 Å². The Hall–Kier alpha value is -4.08. The van der Waals surface area contributed by atoms with Crippen molar-refractivity contribution >= 4 is 17.5 Å². The predicted octanol–water partition coefficient (Wildman–Crippen LogP) is 4.79. The summed E-state index contributed by atoms with van der Waals surface area (Å²) in [5.41, 5.74) is -0.232. The van der Waals surface area contributed by atoms with Crippen LogP contribution >= 0.6 is 0 Å². The largest absolute Gasteiger partial charge is 0.493 e. The molecular formula is C25H24F3N3O4. The second kappa shape index (κ2) is 11.4. The highest BCUT2D eigenvalue weighted by Crippen LogP contribution is 2.34. The molecule has 1 aromatic heterocycles. The lowest BCUT2D eigenvalue weighted by molar-refractivity contribution is -0.137. The third kappa shape index (κ3) is 6.72. The van der Waals surface area contributed by atoms with Gasteiger partial charge in [-0.3, -0.25) is 14.6 Å². The van der Waals surface area contributed by atoms with Crippen molar-refractivity contribution in [2.75, 3.05) is 25.5 Å². The van der Waals surface area contributed by atoms with E-state index in [1.54, 1.807) is 37.5 Å². The number of pyridine rings is 1. The second-order valence-electron chi connectivity index (χ2n) is 7.42. The van der Waals surface area contributed by atoms with E-state index in [0.717, 1.165) is 17.7 Å². The van der Waals surface area contributed by atoms with Crippen molar-refractivity contribution in [3.63, 3.8) is 0 Å². The van der Waals surface area contributed by atoms with Gasteiger partial charge in [-0.2, -0.15) is 13.2 Å². The van der Waals surface area contributed by atoms with Crippen LogP contribution in [-0.2, 0) is 17.6 Å². The number of halogens is 3. The molecular weight excluding hydrogens is 463 g/mol. The maximum absolute atomic E-state index is 13.2. The Morgan fingerprint density at radius 3 is 2.40 bits per heavy atom. The van der Waals surface area contributed by atoms with Gasteiger partial charge in [0.25, 0.3) is 5.91 Å². The van der Waals surface area contributed by atoms with Gasteiger partial charge < -0.3 is 19.7 Å². The molecule has 0 radical (unpaired) electrons. The molecule has 35 heavy (non-hydrogen) atoms. The maximum atomic E-state index is 13.2. The summed E-state index contributed by atoms with van der Waals surface area (Å²) in [6.07, 6.45) is -1.36. The zero-order chi connectivity index (χ0) is 25.4. The van der Waals surface area contributed by atoms with Crippen LogP contribution in [0.5, 0.6) is 11.5 Å². The number of ether oxygens (including phenoxy) is 2. The molecule has 3 aromatic rings. The van der Waals surface area contributed by atoms with Crippen LogP contribution in [0.4, 0.5) is 18.9 Å². The number of methoxy groups -OCH3 is 1. The van der Waals surface area contributed by atoms with Gasteiger partial charge in [-0.15, -0.1) is 0 Å². The Bertz CT molecular complexity index is 1170. The molecule has 0 aliphatic heterocycles. The molecule has 0 saturated carbocycles. The van der Waals surface area contributed by atoms with Crippen molar-refractivity contribution in [1.82, 2.24) is 9.88 Å². The number of aromatic nitrogens is 1. The van der Waals surface area contributed by atoms with Crippen molar-refractivity contribution in [3.05, 3.63) is 83.7 Å². The van der Waals surface area contributed by atoms with Gasteiger partial charge >= 0.3 is 6.18 Å². The van der Waals surface area contributed by atoms with Crippen LogP contribution in [0.15, 0.2) is 67.0 Å². The standard InChI is InChI=1S/C25H24F3N3O4/c1-3-31(15-23(32)30-20-7-5-4-6-19(20)25(26,27)28)24(33)18-8-9-21(34-2)22(14-18)35-16-17-10-12-29-13-11-17/h4-14H,3,15-16H2,1-2H3,(H,30,32). The molecule has 184 valence electrons. The summed E-state index contributed by atoms with van der Waals surface area (Å²) in [6.45, 7) is 1.61. The van der Waals surface area contributed by atoms with E-state index in [0.29, 0.717) is 11.5 Å². The lowest BCUT2D eigenvalue weighted by Crippen LogP contribution is -2.38. The fourth-order valence-corrected chi connectivity index (χ4v) is 3.27. The predicted molar refractivity (Wildman–Crippen MR) is 123 cm³/mol. The molecule has 0 bridgehead atoms. The van der Waals surface area contributed by atoms with Crippen LogP contribution in [-0.4, -0.2) is 41.9 Å². The molecule has 0 atom stereocenters. The van der Waals surface area contributed by atoms with E-state index in [2.05, 4.69) is 10.3 Å². The van der Waals surface area contributed by atoms with E-state index in [1.165, 1.54) is 36.3 Å². The molecule has 3 rings (SSSR count). The van der Waals surface area contributed by atoms with Crippen LogP contribution in [0.25, 0.3) is 0 Å². The Balaban J connectivity index is 1.73. The third-order valence-electron chi connectivity index (χ3n) is 5.06. The lowest BCUT2D eigenvalue weighted by atomic mass is 10.1. The minimum atomic E-state index is -4.63. The lowest BCUT2D eigenvalue weighted by Gasteiger charge is -2.22. The molecule has 0 aliphatic carbocycles. The summed E-state index contributed by atoms with van der Waals surface area (Å²) in [4.78, 5) is 30.7. The third-order valence-corrected chi connectivity index (χ3v) is 5.06. The van der Waals surface area contributed by atoms with Crippen LogP contribution in [0.3, 0.4) is 0 Å². The minimum absolute atomic E-state index is 0.159. The molecule has 2 amide bonds. The van der Waals surface area contributed by atoms with Crippen molar-refractivity contribution in [3.8, 4) is 11.5 Å². The summed E-state index contributed by atoms with van der Waals surface area (Å²) < 4.78 is 50.7. The molecule has 0 spiro atoms. The number of anilines is 1. The number of carbonyl (C=O) groups is 2. The van der Waals surface area contributed by atoms with Crippen LogP contribution in [0, 0.1) is 0 Å². The number of hydrogen-bond acceptors (Lipinski definition) is 5. The molecule has 1 N–H and O–H groups in total. The first-order valence-electron chi connectivity index (χ1n) is 10.7. The number of rotatable bonds is 9. The molecule has 0 saturated heterocycles. The number of hydrogen-bond donors (Lipinski definition) is 1. The van der Waals surface area contributed by atoms with Gasteiger partial charge in [0, 0.05) is 24.5 Å². The minimum Gasteiger partial charge on any atom is -0.493 e. The zero-order valence-corrected chi connectivity index (χ0v) is 19.1. The molecule has 1 heterocycles. The SMILES string of the molecule is CCN(CC(=O)Nc1ccccc1C(F)(F)F)C(=O)c1ccc(OC)c(OCc2ccncc2)c1. The van der Waals surface area contributed by atoms with Gasteiger partial charge in [-0.25, -0.2) is 0 Å². The van der Waals surface area contributed by atoms with Crippen LogP contribution < -0.4 is 14.8 Å². The molecule has 0 fully saturated rings. The van der Waals surface area contributed by atoms with E-state index >= 15 is 0 Å². The first-order chi connectivity index (χ1) is 16.7. The van der Waals surface area contributed by atoms with Crippen molar-refractivity contribution in [1.29, 1.82) is 0 Å². The number of nitrogens with one attached hydrogen (secondary N) is 1. The van der Waals surface area contributed by atoms with Crippen LogP contribution in [0.2, 0.25) is 0 Å². The Labute approximate surface area is 200 Å². The zero-order valence-electron chi connectivity index (χ0n) is 19.1. The summed E-state index contributed by atoms with van der Waals surface area (Å²) in [6, 6.07) is 12.8. The first kappa shape index (κ1) is 25.5. The van der Waals surface area contributed by atoms with E-state index in [4.69, 9.17) is 9.47 Å². The number of alkyl halides is 3. The van der Waals surface area contributed by atoms with E-state index < -0.39 is 30.1 Å². The highest BCUT2D eigenvalue weighted by molar-refractivity contribution is 6.00. The van der Waals surface area contributed by atoms with E-state index in [-0.39, 0.29) is 24.4 Å². The van der Waals surface area contributed by atoms with Gasteiger partial charge in [-0.1, -0.05) is 12.1 Å². The smallest absolute Gasteiger partial charge is 0.418 e. The highest BCUT2D eigenvalue weighted by atomic mass is 19.4. The topological polar surface area (TPSA) is 80.8 Å². The fraction of sp³-hybridized carbons (Fsp3) is 0.240. The van der Waals surface area contributed by atoms with Crippen molar-refractivity contribution in [2.45, 2.75) is 19.7 Å². The normalized spacial score (nSPS) is 11.0. The average molecular weight is 487 g/mol. The average Bonchev–Trinajstić information content (AvgIpc) is 2.85. The number of carbonyl (C=O) groups excluding carboxylic acids is 2. The van der Waals surface area contributed by atoms with Gasteiger partial charge in [-0.05, 0) is 55.0 Å². The van der Waals surface area contributed by atoms with Gasteiger partial charge in [0.15, 0.2) is 11.5 Å². The van der Waals surface area contributed by atoms with Crippen molar-refractivity contribution in [2.24, 2.45) is 0 Å². The monoisotopic (exact) mass is 487 g/mol. The molecule has 2 aromatic carbocycles. The summed E-state index contributed by atoms with van der Waals surface area (Å²) in [7, 11) is 1.47. The number of benzene rings is 2. The van der Waals surface area contributed by atoms with Crippen molar-refractivity contribution < 1.29 is 32.2 Å². The second-order valence-corrected chi connectivity index (χ2v) is 7.42. The first-order valence-corrected chi connectivity index (χ1v) is 10.7. The van der Waals surface area contributed by atoms with E-state index in [9.17, 15) is 22.8 Å². The quantitative estimate of drug-likeness (QED) is 0.470. The Morgan fingerprint density at radius 1 is 1.03 bits per heavy atom. The Morgan fingerprint density at radius 2 is 1.74 bits per heavy atom. The summed E-state index contributed by atoms with van der Waals surface area (Å²) >= 11 is 0. The summed E-state index contributed by atoms with van der Waals surface area (Å²) in [5.74, 6) is -0.488. The van der Waals surface area contributed by atoms with Crippen LogP contribution in [0.1, 0.15) is 28.4 Å². The molecule has 7 nitrogen and oxygen atoms in total. The number of para-hydroxylation sites is 1. The maximum Gasteiger partial charge on any atom is 0.418 e. The number of likely N-dealkylation sites (N-methyl/N-ethyl adjacent to an activating group) is 1. The molecule has 0 unspecified atom stereocenters. The highest BCUT2D eigenvalue weighted by Gasteiger charge is 2.33. The van der Waals surface area contributed by atoms with Gasteiger partial charge in [0.1, 0.15) is 13.2 Å². The Kier molecular flexibility index (Phi) is 8.30. The van der Waals surface area contributed by atoms with Gasteiger partial charge in [0.2, 0.25) is 5.91 Å². The fourth-order valence-electron chi connectivity index (χ4n) is 3.27. The number of nitrogens with zero attached hydrogens (tertiary/aromatic N) is 2. The number of amides is 2.